The third kappa shape index (κ3) is 4.77. The molecule has 0 bridgehead atoms. The molecule has 1 aromatic carbocycles. The van der Waals surface area contributed by atoms with Gasteiger partial charge in [-0.3, -0.25) is 4.79 Å². The van der Waals surface area contributed by atoms with Crippen LogP contribution in [0.3, 0.4) is 0 Å². The number of halogens is 1. The largest absolute Gasteiger partial charge is 0.471 e. The summed E-state index contributed by atoms with van der Waals surface area (Å²) in [6, 6.07) is 10.3. The first-order chi connectivity index (χ1) is 14.8. The number of carbonyl (C=O) groups excluding carboxylic acids is 1. The lowest BCUT2D eigenvalue weighted by atomic mass is 10.2. The van der Waals surface area contributed by atoms with E-state index in [2.05, 4.69) is 5.10 Å². The summed E-state index contributed by atoms with van der Waals surface area (Å²) in [5.41, 5.74) is 1.21. The predicted octanol–water partition coefficient (Wildman–Crippen LogP) is 3.09. The SMILES string of the molecule is Cc1cc(OCn2ccc(C(=O)N3CCN(S(=O)(=O)c4cccs4)CC3)n2)ccc1Cl. The van der Waals surface area contributed by atoms with Gasteiger partial charge in [0.05, 0.1) is 0 Å². The fourth-order valence-electron chi connectivity index (χ4n) is 3.23. The zero-order chi connectivity index (χ0) is 22.0. The lowest BCUT2D eigenvalue weighted by Crippen LogP contribution is -2.50. The number of ether oxygens (including phenoxy) is 1. The van der Waals surface area contributed by atoms with Crippen LogP contribution in [0.5, 0.6) is 5.75 Å². The van der Waals surface area contributed by atoms with E-state index in [-0.39, 0.29) is 25.7 Å². The van der Waals surface area contributed by atoms with E-state index in [1.165, 1.54) is 20.3 Å². The molecule has 1 fully saturated rings. The average Bonchev–Trinajstić information content (AvgIpc) is 3.47. The third-order valence-corrected chi connectivity index (χ3v) is 8.66. The van der Waals surface area contributed by atoms with Crippen molar-refractivity contribution in [3.05, 3.63) is 64.3 Å². The molecular weight excluding hydrogens is 460 g/mol. The standard InChI is InChI=1S/C20H21ClN4O4S2/c1-15-13-16(4-5-17(15)21)29-14-24-7-6-18(22-24)20(26)23-8-10-25(11-9-23)31(27,28)19-3-2-12-30-19/h2-7,12-13H,8-11,14H2,1H3. The average molecular weight is 481 g/mol. The third-order valence-electron chi connectivity index (χ3n) is 4.97. The summed E-state index contributed by atoms with van der Waals surface area (Å²) in [5.74, 6) is 0.433. The Bertz CT molecular complexity index is 1170. The maximum absolute atomic E-state index is 12.8. The van der Waals surface area contributed by atoms with E-state index >= 15 is 0 Å². The second kappa shape index (κ2) is 8.99. The lowest BCUT2D eigenvalue weighted by Gasteiger charge is -2.33. The Hall–Kier alpha value is -2.40. The second-order valence-corrected chi connectivity index (χ2v) is 10.6. The fourth-order valence-corrected chi connectivity index (χ4v) is 5.91. The number of carbonyl (C=O) groups is 1. The van der Waals surface area contributed by atoms with E-state index in [0.717, 1.165) is 5.56 Å². The van der Waals surface area contributed by atoms with Gasteiger partial charge in [-0.15, -0.1) is 11.3 Å². The first-order valence-corrected chi connectivity index (χ1v) is 12.3. The molecule has 11 heteroatoms. The van der Waals surface area contributed by atoms with Gasteiger partial charge in [-0.1, -0.05) is 17.7 Å². The van der Waals surface area contributed by atoms with E-state index in [1.54, 1.807) is 46.8 Å². The molecule has 2 aromatic heterocycles. The fraction of sp³-hybridized carbons (Fsp3) is 0.300. The molecule has 31 heavy (non-hydrogen) atoms. The van der Waals surface area contributed by atoms with Crippen molar-refractivity contribution < 1.29 is 17.9 Å². The van der Waals surface area contributed by atoms with Crippen molar-refractivity contribution in [1.29, 1.82) is 0 Å². The van der Waals surface area contributed by atoms with Gasteiger partial charge in [-0.25, -0.2) is 13.1 Å². The molecule has 0 aliphatic carbocycles. The number of rotatable bonds is 6. The van der Waals surface area contributed by atoms with Gasteiger partial charge < -0.3 is 9.64 Å². The highest BCUT2D eigenvalue weighted by molar-refractivity contribution is 7.91. The van der Waals surface area contributed by atoms with Gasteiger partial charge in [-0.2, -0.15) is 9.40 Å². The van der Waals surface area contributed by atoms with Crippen LogP contribution in [0.25, 0.3) is 0 Å². The number of thiophene rings is 1. The quantitative estimate of drug-likeness (QED) is 0.541. The van der Waals surface area contributed by atoms with Crippen LogP contribution in [-0.4, -0.2) is 59.5 Å². The maximum atomic E-state index is 12.8. The van der Waals surface area contributed by atoms with Crippen molar-refractivity contribution in [1.82, 2.24) is 19.0 Å². The number of nitrogens with zero attached hydrogens (tertiary/aromatic N) is 4. The number of piperazine rings is 1. The van der Waals surface area contributed by atoms with Crippen LogP contribution in [0.2, 0.25) is 5.02 Å². The molecule has 0 spiro atoms. The molecule has 1 amide bonds. The number of sulfonamides is 1. The van der Waals surface area contributed by atoms with Crippen molar-refractivity contribution in [2.24, 2.45) is 0 Å². The number of hydrogen-bond donors (Lipinski definition) is 0. The number of amides is 1. The Morgan fingerprint density at radius 1 is 1.19 bits per heavy atom. The minimum Gasteiger partial charge on any atom is -0.471 e. The molecule has 0 radical (unpaired) electrons. The molecule has 0 unspecified atom stereocenters. The maximum Gasteiger partial charge on any atom is 0.274 e. The van der Waals surface area contributed by atoms with Gasteiger partial charge in [0, 0.05) is 37.4 Å². The summed E-state index contributed by atoms with van der Waals surface area (Å²) in [7, 11) is -3.50. The lowest BCUT2D eigenvalue weighted by molar-refractivity contribution is 0.0690. The van der Waals surface area contributed by atoms with Crippen molar-refractivity contribution in [3.63, 3.8) is 0 Å². The zero-order valence-electron chi connectivity index (χ0n) is 16.8. The van der Waals surface area contributed by atoms with Crippen LogP contribution >= 0.6 is 22.9 Å². The summed E-state index contributed by atoms with van der Waals surface area (Å²) >= 11 is 7.21. The molecule has 8 nitrogen and oxygen atoms in total. The summed E-state index contributed by atoms with van der Waals surface area (Å²) in [6.45, 7) is 3.19. The highest BCUT2D eigenvalue weighted by atomic mass is 35.5. The summed E-state index contributed by atoms with van der Waals surface area (Å²) in [6.07, 6.45) is 1.67. The van der Waals surface area contributed by atoms with E-state index in [4.69, 9.17) is 16.3 Å². The molecule has 1 aliphatic heterocycles. The minimum absolute atomic E-state index is 0.154. The Balaban J connectivity index is 1.33. The number of benzene rings is 1. The highest BCUT2D eigenvalue weighted by Gasteiger charge is 2.31. The van der Waals surface area contributed by atoms with Gasteiger partial charge in [-0.05, 0) is 48.2 Å². The Labute approximate surface area is 189 Å². The molecule has 3 aromatic rings. The van der Waals surface area contributed by atoms with Crippen LogP contribution in [0.4, 0.5) is 0 Å². The van der Waals surface area contributed by atoms with Crippen LogP contribution < -0.4 is 4.74 Å². The van der Waals surface area contributed by atoms with Crippen LogP contribution in [0.1, 0.15) is 16.1 Å². The molecular formula is C20H21ClN4O4S2. The monoisotopic (exact) mass is 480 g/mol. The summed E-state index contributed by atoms with van der Waals surface area (Å²) in [5, 5.41) is 6.70. The first-order valence-electron chi connectivity index (χ1n) is 9.60. The molecule has 3 heterocycles. The number of aryl methyl sites for hydroxylation is 1. The summed E-state index contributed by atoms with van der Waals surface area (Å²) < 4.78 is 34.2. The van der Waals surface area contributed by atoms with Crippen molar-refractivity contribution in [2.75, 3.05) is 26.2 Å². The number of hydrogen-bond acceptors (Lipinski definition) is 6. The molecule has 164 valence electrons. The number of aromatic nitrogens is 2. The first kappa shape index (κ1) is 21.8. The normalized spacial score (nSPS) is 15.2. The molecule has 0 atom stereocenters. The van der Waals surface area contributed by atoms with Crippen molar-refractivity contribution in [2.45, 2.75) is 17.9 Å². The minimum atomic E-state index is -3.50. The zero-order valence-corrected chi connectivity index (χ0v) is 19.2. The Morgan fingerprint density at radius 3 is 2.65 bits per heavy atom. The molecule has 4 rings (SSSR count). The molecule has 0 N–H and O–H groups in total. The van der Waals surface area contributed by atoms with E-state index in [9.17, 15) is 13.2 Å². The molecule has 0 saturated carbocycles. The van der Waals surface area contributed by atoms with Gasteiger partial charge in [0.15, 0.2) is 12.4 Å². The van der Waals surface area contributed by atoms with Gasteiger partial charge >= 0.3 is 0 Å². The van der Waals surface area contributed by atoms with E-state index in [1.807, 2.05) is 13.0 Å². The second-order valence-electron chi connectivity index (χ2n) is 7.05. The smallest absolute Gasteiger partial charge is 0.274 e. The van der Waals surface area contributed by atoms with Crippen molar-refractivity contribution >= 4 is 38.9 Å². The Kier molecular flexibility index (Phi) is 6.33. The molecule has 1 saturated heterocycles. The molecule has 1 aliphatic rings. The van der Waals surface area contributed by atoms with Crippen molar-refractivity contribution in [3.8, 4) is 5.75 Å². The van der Waals surface area contributed by atoms with Crippen LogP contribution in [0.15, 0.2) is 52.2 Å². The topological polar surface area (TPSA) is 84.7 Å². The predicted molar refractivity (Wildman–Crippen MR) is 118 cm³/mol. The summed E-state index contributed by atoms with van der Waals surface area (Å²) in [4.78, 5) is 14.4. The highest BCUT2D eigenvalue weighted by Crippen LogP contribution is 2.23. The van der Waals surface area contributed by atoms with Gasteiger partial charge in [0.2, 0.25) is 0 Å². The van der Waals surface area contributed by atoms with E-state index < -0.39 is 10.0 Å². The van der Waals surface area contributed by atoms with Crippen LogP contribution in [-0.2, 0) is 16.8 Å². The van der Waals surface area contributed by atoms with E-state index in [0.29, 0.717) is 33.8 Å². The Morgan fingerprint density at radius 2 is 1.97 bits per heavy atom. The van der Waals surface area contributed by atoms with Gasteiger partial charge in [0.1, 0.15) is 9.96 Å². The van der Waals surface area contributed by atoms with Gasteiger partial charge in [0.25, 0.3) is 15.9 Å². The van der Waals surface area contributed by atoms with Crippen LogP contribution in [0, 0.1) is 6.92 Å².